The molecule has 5 rings (SSSR count). The summed E-state index contributed by atoms with van der Waals surface area (Å²) >= 11 is 0. The number of pyridine rings is 1. The molecule has 7 nitrogen and oxygen atoms in total. The van der Waals surface area contributed by atoms with Crippen LogP contribution in [0.3, 0.4) is 0 Å². The van der Waals surface area contributed by atoms with Gasteiger partial charge in [-0.2, -0.15) is 0 Å². The van der Waals surface area contributed by atoms with Crippen LogP contribution in [-0.4, -0.2) is 22.9 Å². The Bertz CT molecular complexity index is 1370. The van der Waals surface area contributed by atoms with Crippen LogP contribution in [0.1, 0.15) is 15.9 Å². The van der Waals surface area contributed by atoms with Crippen LogP contribution in [0.5, 0.6) is 17.4 Å². The summed E-state index contributed by atoms with van der Waals surface area (Å²) in [5.74, 6) is 0.937. The summed E-state index contributed by atoms with van der Waals surface area (Å²) in [7, 11) is 0. The second kappa shape index (κ2) is 9.07. The molecular weight excluding hydrogens is 430 g/mol. The number of rotatable bonds is 6. The van der Waals surface area contributed by atoms with Crippen LogP contribution in [0, 0.1) is 0 Å². The molecule has 1 unspecified atom stereocenters. The predicted molar refractivity (Wildman–Crippen MR) is 128 cm³/mol. The fourth-order valence-corrected chi connectivity index (χ4v) is 3.88. The number of hydrogen-bond acceptors (Lipinski definition) is 5. The number of hydrogen-bond donors (Lipinski definition) is 2. The van der Waals surface area contributed by atoms with Gasteiger partial charge in [-0.15, -0.1) is 0 Å². The molecule has 0 saturated carbocycles. The zero-order chi connectivity index (χ0) is 23.5. The minimum absolute atomic E-state index is 0.285. The fraction of sp³-hybridized carbons (Fsp3) is 0.0741. The molecule has 1 atom stereocenters. The number of amides is 2. The SMILES string of the molecule is NC(=O)c1cccc(-c2ccnc3c2CC(C(=O)Nc2cccc(Oc4ccccc4)c2)O3)c1. The highest BCUT2D eigenvalue weighted by Gasteiger charge is 2.32. The van der Waals surface area contributed by atoms with Crippen molar-refractivity contribution < 1.29 is 19.1 Å². The third-order valence-corrected chi connectivity index (χ3v) is 5.49. The van der Waals surface area contributed by atoms with Crippen molar-refractivity contribution in [3.05, 3.63) is 102 Å². The number of para-hydroxylation sites is 1. The Morgan fingerprint density at radius 3 is 2.56 bits per heavy atom. The van der Waals surface area contributed by atoms with Gasteiger partial charge in [-0.05, 0) is 53.6 Å². The highest BCUT2D eigenvalue weighted by atomic mass is 16.5. The van der Waals surface area contributed by atoms with E-state index in [1.807, 2.05) is 54.6 Å². The topological polar surface area (TPSA) is 104 Å². The van der Waals surface area contributed by atoms with Crippen LogP contribution in [0.4, 0.5) is 5.69 Å². The van der Waals surface area contributed by atoms with E-state index < -0.39 is 12.0 Å². The van der Waals surface area contributed by atoms with E-state index in [-0.39, 0.29) is 5.91 Å². The second-order valence-electron chi connectivity index (χ2n) is 7.83. The van der Waals surface area contributed by atoms with Gasteiger partial charge in [-0.3, -0.25) is 9.59 Å². The van der Waals surface area contributed by atoms with Crippen LogP contribution in [0.2, 0.25) is 0 Å². The average Bonchev–Trinajstić information content (AvgIpc) is 3.30. The van der Waals surface area contributed by atoms with Crippen LogP contribution >= 0.6 is 0 Å². The molecule has 0 bridgehead atoms. The molecule has 2 amide bonds. The van der Waals surface area contributed by atoms with E-state index >= 15 is 0 Å². The van der Waals surface area contributed by atoms with Gasteiger partial charge in [0.1, 0.15) is 11.5 Å². The first-order valence-electron chi connectivity index (χ1n) is 10.8. The van der Waals surface area contributed by atoms with Gasteiger partial charge >= 0.3 is 0 Å². The maximum absolute atomic E-state index is 13.0. The number of primary amides is 1. The molecule has 1 aliphatic rings. The van der Waals surface area contributed by atoms with Crippen LogP contribution in [0.15, 0.2) is 91.1 Å². The van der Waals surface area contributed by atoms with Crippen LogP contribution < -0.4 is 20.5 Å². The van der Waals surface area contributed by atoms with Crippen LogP contribution in [-0.2, 0) is 11.2 Å². The number of carbonyl (C=O) groups excluding carboxylic acids is 2. The molecular formula is C27H21N3O4. The molecule has 0 radical (unpaired) electrons. The van der Waals surface area contributed by atoms with E-state index in [0.717, 1.165) is 16.7 Å². The van der Waals surface area contributed by atoms with Crippen molar-refractivity contribution in [2.75, 3.05) is 5.32 Å². The van der Waals surface area contributed by atoms with E-state index in [4.69, 9.17) is 15.2 Å². The summed E-state index contributed by atoms with van der Waals surface area (Å²) in [6.45, 7) is 0. The van der Waals surface area contributed by atoms with Crippen molar-refractivity contribution in [3.8, 4) is 28.5 Å². The summed E-state index contributed by atoms with van der Waals surface area (Å²) in [6, 6.07) is 25.5. The normalized spacial score (nSPS) is 14.1. The number of fused-ring (bicyclic) bond motifs is 1. The summed E-state index contributed by atoms with van der Waals surface area (Å²) in [4.78, 5) is 28.9. The average molecular weight is 451 g/mol. The Kier molecular flexibility index (Phi) is 5.66. The molecule has 1 aliphatic heterocycles. The van der Waals surface area contributed by atoms with Gasteiger partial charge in [-0.1, -0.05) is 36.4 Å². The smallest absolute Gasteiger partial charge is 0.265 e. The number of anilines is 1. The number of nitrogens with one attached hydrogen (secondary N) is 1. The zero-order valence-corrected chi connectivity index (χ0v) is 18.1. The minimum atomic E-state index is -0.735. The maximum atomic E-state index is 13.0. The highest BCUT2D eigenvalue weighted by Crippen LogP contribution is 2.36. The molecule has 1 aromatic heterocycles. The molecule has 34 heavy (non-hydrogen) atoms. The molecule has 2 heterocycles. The molecule has 0 spiro atoms. The van der Waals surface area contributed by atoms with Crippen LogP contribution in [0.25, 0.3) is 11.1 Å². The fourth-order valence-electron chi connectivity index (χ4n) is 3.88. The van der Waals surface area contributed by atoms with Crippen molar-refractivity contribution in [1.82, 2.24) is 4.98 Å². The van der Waals surface area contributed by atoms with Crippen molar-refractivity contribution in [3.63, 3.8) is 0 Å². The molecule has 7 heteroatoms. The molecule has 0 saturated heterocycles. The number of ether oxygens (including phenoxy) is 2. The zero-order valence-electron chi connectivity index (χ0n) is 18.1. The first kappa shape index (κ1) is 21.2. The van der Waals surface area contributed by atoms with E-state index in [2.05, 4.69) is 10.3 Å². The Balaban J connectivity index is 1.32. The van der Waals surface area contributed by atoms with E-state index in [0.29, 0.717) is 35.1 Å². The van der Waals surface area contributed by atoms with Crippen molar-refractivity contribution >= 4 is 17.5 Å². The number of carbonyl (C=O) groups is 2. The first-order valence-corrected chi connectivity index (χ1v) is 10.8. The quantitative estimate of drug-likeness (QED) is 0.447. The van der Waals surface area contributed by atoms with E-state index in [1.165, 1.54) is 0 Å². The third kappa shape index (κ3) is 4.45. The van der Waals surface area contributed by atoms with Gasteiger partial charge in [0, 0.05) is 35.5 Å². The van der Waals surface area contributed by atoms with E-state index in [1.54, 1.807) is 36.5 Å². The molecule has 3 aromatic carbocycles. The predicted octanol–water partition coefficient (Wildman–Crippen LogP) is 4.58. The van der Waals surface area contributed by atoms with Crippen molar-refractivity contribution in [2.24, 2.45) is 5.73 Å². The lowest BCUT2D eigenvalue weighted by molar-refractivity contribution is -0.122. The summed E-state index contributed by atoms with van der Waals surface area (Å²) in [5, 5.41) is 2.90. The van der Waals surface area contributed by atoms with Gasteiger partial charge < -0.3 is 20.5 Å². The number of benzene rings is 3. The maximum Gasteiger partial charge on any atom is 0.265 e. The number of aromatic nitrogens is 1. The molecule has 3 N–H and O–H groups in total. The first-order chi connectivity index (χ1) is 16.6. The Morgan fingerprint density at radius 2 is 1.74 bits per heavy atom. The lowest BCUT2D eigenvalue weighted by atomic mass is 9.97. The Labute approximate surface area is 196 Å². The molecule has 168 valence electrons. The second-order valence-corrected chi connectivity index (χ2v) is 7.83. The van der Waals surface area contributed by atoms with Crippen molar-refractivity contribution in [1.29, 1.82) is 0 Å². The third-order valence-electron chi connectivity index (χ3n) is 5.49. The van der Waals surface area contributed by atoms with Gasteiger partial charge in [0.15, 0.2) is 6.10 Å². The number of nitrogens with zero attached hydrogens (tertiary/aromatic N) is 1. The minimum Gasteiger partial charge on any atom is -0.464 e. The standard InChI is InChI=1S/C27H21N3O4/c28-25(31)18-7-4-6-17(14-18)22-12-13-29-27-23(22)16-24(34-27)26(32)30-19-8-5-11-21(15-19)33-20-9-2-1-3-10-20/h1-15,24H,16H2,(H2,28,31)(H,30,32). The van der Waals surface area contributed by atoms with Gasteiger partial charge in [0.25, 0.3) is 5.91 Å². The summed E-state index contributed by atoms with van der Waals surface area (Å²) < 4.78 is 11.7. The summed E-state index contributed by atoms with van der Waals surface area (Å²) in [5.41, 5.74) is 8.90. The Morgan fingerprint density at radius 1 is 0.941 bits per heavy atom. The number of nitrogens with two attached hydrogens (primary N) is 1. The largest absolute Gasteiger partial charge is 0.464 e. The van der Waals surface area contributed by atoms with Gasteiger partial charge in [-0.25, -0.2) is 4.98 Å². The van der Waals surface area contributed by atoms with Gasteiger partial charge in [0.2, 0.25) is 11.8 Å². The summed E-state index contributed by atoms with van der Waals surface area (Å²) in [6.07, 6.45) is 1.24. The molecule has 4 aromatic rings. The lowest BCUT2D eigenvalue weighted by Gasteiger charge is -2.12. The Hall–Kier alpha value is -4.65. The lowest BCUT2D eigenvalue weighted by Crippen LogP contribution is -2.31. The molecule has 0 fully saturated rings. The molecule has 0 aliphatic carbocycles. The van der Waals surface area contributed by atoms with Crippen molar-refractivity contribution in [2.45, 2.75) is 12.5 Å². The van der Waals surface area contributed by atoms with E-state index in [9.17, 15) is 9.59 Å². The monoisotopic (exact) mass is 451 g/mol. The highest BCUT2D eigenvalue weighted by molar-refractivity contribution is 5.96. The van der Waals surface area contributed by atoms with Gasteiger partial charge in [0.05, 0.1) is 0 Å².